The van der Waals surface area contributed by atoms with Crippen molar-refractivity contribution < 1.29 is 4.74 Å². The largest absolute Gasteiger partial charge is 0.381 e. The summed E-state index contributed by atoms with van der Waals surface area (Å²) in [5.41, 5.74) is 0.931. The van der Waals surface area contributed by atoms with Crippen molar-refractivity contribution in [3.8, 4) is 5.69 Å². The molecule has 1 aromatic carbocycles. The lowest BCUT2D eigenvalue weighted by atomic mass is 10.3. The molecule has 0 bridgehead atoms. The highest BCUT2D eigenvalue weighted by atomic mass is 35.5. The Kier molecular flexibility index (Phi) is 5.80. The Morgan fingerprint density at radius 2 is 2.00 bits per heavy atom. The zero-order valence-electron chi connectivity index (χ0n) is 13.2. The van der Waals surface area contributed by atoms with Crippen molar-refractivity contribution in [1.29, 1.82) is 0 Å². The predicted octanol–water partition coefficient (Wildman–Crippen LogP) is 3.65. The lowest BCUT2D eigenvalue weighted by Gasteiger charge is -2.19. The third-order valence-electron chi connectivity index (χ3n) is 3.76. The van der Waals surface area contributed by atoms with Crippen LogP contribution in [-0.4, -0.2) is 46.8 Å². The van der Waals surface area contributed by atoms with Gasteiger partial charge < -0.3 is 9.64 Å². The highest BCUT2D eigenvalue weighted by Gasteiger charge is 2.23. The van der Waals surface area contributed by atoms with Crippen molar-refractivity contribution in [2.75, 3.05) is 37.0 Å². The van der Waals surface area contributed by atoms with E-state index in [4.69, 9.17) is 16.3 Å². The second-order valence-electron chi connectivity index (χ2n) is 5.31. The summed E-state index contributed by atoms with van der Waals surface area (Å²) in [7, 11) is 0. The molecule has 3 rings (SSSR count). The first kappa shape index (κ1) is 16.6. The smallest absolute Gasteiger partial charge is 0.232 e. The molecule has 7 heteroatoms. The van der Waals surface area contributed by atoms with Crippen LogP contribution in [-0.2, 0) is 4.74 Å². The number of thioether (sulfide) groups is 1. The van der Waals surface area contributed by atoms with Crippen molar-refractivity contribution in [2.45, 2.75) is 24.9 Å². The molecule has 0 spiro atoms. The van der Waals surface area contributed by atoms with Gasteiger partial charge >= 0.3 is 0 Å². The van der Waals surface area contributed by atoms with Gasteiger partial charge in [0.2, 0.25) is 5.95 Å². The number of halogens is 1. The van der Waals surface area contributed by atoms with Gasteiger partial charge in [0.25, 0.3) is 0 Å². The van der Waals surface area contributed by atoms with E-state index in [9.17, 15) is 0 Å². The van der Waals surface area contributed by atoms with Gasteiger partial charge in [0.05, 0.1) is 17.3 Å². The van der Waals surface area contributed by atoms with Crippen molar-refractivity contribution in [1.82, 2.24) is 14.8 Å². The second-order valence-corrected chi connectivity index (χ2v) is 6.78. The number of rotatable bonds is 7. The van der Waals surface area contributed by atoms with Crippen molar-refractivity contribution in [2.24, 2.45) is 0 Å². The number of ether oxygens (including phenoxy) is 1. The molecule has 0 aliphatic carbocycles. The van der Waals surface area contributed by atoms with E-state index < -0.39 is 0 Å². The Balaban J connectivity index is 1.91. The Hall–Kier alpha value is -1.24. The standard InChI is InChI=1S/C16H21ClN4OS/c1-2-22-11-12-23-16-19-18-15(20-9-5-6-10-20)21(16)14-8-4-3-7-13(14)17/h3-4,7-8H,2,5-6,9-12H2,1H3. The summed E-state index contributed by atoms with van der Waals surface area (Å²) in [6.45, 7) is 5.48. The van der Waals surface area contributed by atoms with Crippen LogP contribution in [0.15, 0.2) is 29.4 Å². The van der Waals surface area contributed by atoms with Crippen molar-refractivity contribution in [3.05, 3.63) is 29.3 Å². The first-order valence-corrected chi connectivity index (χ1v) is 9.33. The molecule has 23 heavy (non-hydrogen) atoms. The van der Waals surface area contributed by atoms with Crippen LogP contribution in [0.5, 0.6) is 0 Å². The van der Waals surface area contributed by atoms with Gasteiger partial charge in [-0.3, -0.25) is 4.57 Å². The van der Waals surface area contributed by atoms with Crippen LogP contribution in [0.2, 0.25) is 5.02 Å². The Morgan fingerprint density at radius 3 is 2.74 bits per heavy atom. The fourth-order valence-electron chi connectivity index (χ4n) is 2.66. The van der Waals surface area contributed by atoms with Crippen LogP contribution in [0.4, 0.5) is 5.95 Å². The molecule has 0 atom stereocenters. The third kappa shape index (κ3) is 3.82. The van der Waals surface area contributed by atoms with E-state index >= 15 is 0 Å². The molecule has 1 aromatic heterocycles. The number of anilines is 1. The van der Waals surface area contributed by atoms with Crippen LogP contribution in [0.1, 0.15) is 19.8 Å². The molecular weight excluding hydrogens is 332 g/mol. The van der Waals surface area contributed by atoms with E-state index in [0.717, 1.165) is 42.2 Å². The van der Waals surface area contributed by atoms with E-state index in [1.54, 1.807) is 11.8 Å². The number of nitrogens with zero attached hydrogens (tertiary/aromatic N) is 4. The van der Waals surface area contributed by atoms with E-state index in [1.165, 1.54) is 12.8 Å². The Bertz CT molecular complexity index is 643. The predicted molar refractivity (Wildman–Crippen MR) is 95.0 cm³/mol. The van der Waals surface area contributed by atoms with Crippen LogP contribution in [0.25, 0.3) is 5.69 Å². The Morgan fingerprint density at radius 1 is 1.22 bits per heavy atom. The lowest BCUT2D eigenvalue weighted by Crippen LogP contribution is -2.22. The number of hydrogen-bond donors (Lipinski definition) is 0. The fraction of sp³-hybridized carbons (Fsp3) is 0.500. The highest BCUT2D eigenvalue weighted by molar-refractivity contribution is 7.99. The van der Waals surface area contributed by atoms with E-state index in [2.05, 4.69) is 19.7 Å². The second kappa shape index (κ2) is 8.04. The van der Waals surface area contributed by atoms with Crippen LogP contribution >= 0.6 is 23.4 Å². The zero-order valence-corrected chi connectivity index (χ0v) is 14.8. The topological polar surface area (TPSA) is 43.2 Å². The number of benzene rings is 1. The van der Waals surface area contributed by atoms with Crippen LogP contribution in [0.3, 0.4) is 0 Å². The summed E-state index contributed by atoms with van der Waals surface area (Å²) in [6.07, 6.45) is 2.39. The molecule has 1 aliphatic rings. The van der Waals surface area contributed by atoms with E-state index in [-0.39, 0.29) is 0 Å². The van der Waals surface area contributed by atoms with Crippen molar-refractivity contribution in [3.63, 3.8) is 0 Å². The summed E-state index contributed by atoms with van der Waals surface area (Å²) in [6, 6.07) is 7.84. The van der Waals surface area contributed by atoms with Crippen LogP contribution < -0.4 is 4.90 Å². The molecule has 124 valence electrons. The molecule has 2 heterocycles. The Labute approximate surface area is 146 Å². The molecule has 1 aliphatic heterocycles. The first-order chi connectivity index (χ1) is 11.3. The fourth-order valence-corrected chi connectivity index (χ4v) is 3.67. The quantitative estimate of drug-likeness (QED) is 0.562. The maximum atomic E-state index is 6.42. The summed E-state index contributed by atoms with van der Waals surface area (Å²) < 4.78 is 7.49. The number of aromatic nitrogens is 3. The van der Waals surface area contributed by atoms with E-state index in [0.29, 0.717) is 11.6 Å². The minimum absolute atomic E-state index is 0.704. The molecule has 0 saturated carbocycles. The van der Waals surface area contributed by atoms with Crippen molar-refractivity contribution >= 4 is 29.3 Å². The van der Waals surface area contributed by atoms with Gasteiger partial charge in [-0.15, -0.1) is 10.2 Å². The molecule has 2 aromatic rings. The molecule has 0 radical (unpaired) electrons. The summed E-state index contributed by atoms with van der Waals surface area (Å²) in [4.78, 5) is 2.28. The summed E-state index contributed by atoms with van der Waals surface area (Å²) in [5.74, 6) is 1.73. The highest BCUT2D eigenvalue weighted by Crippen LogP contribution is 2.31. The van der Waals surface area contributed by atoms with Gasteiger partial charge in [0.1, 0.15) is 0 Å². The summed E-state index contributed by atoms with van der Waals surface area (Å²) >= 11 is 8.07. The minimum Gasteiger partial charge on any atom is -0.381 e. The first-order valence-electron chi connectivity index (χ1n) is 7.97. The molecule has 5 nitrogen and oxygen atoms in total. The van der Waals surface area contributed by atoms with Gasteiger partial charge in [0.15, 0.2) is 5.16 Å². The average molecular weight is 353 g/mol. The molecule has 0 amide bonds. The molecular formula is C16H21ClN4OS. The molecule has 1 saturated heterocycles. The monoisotopic (exact) mass is 352 g/mol. The normalized spacial score (nSPS) is 14.6. The van der Waals surface area contributed by atoms with Gasteiger partial charge in [-0.1, -0.05) is 35.5 Å². The van der Waals surface area contributed by atoms with Gasteiger partial charge in [0, 0.05) is 25.4 Å². The molecule has 0 unspecified atom stereocenters. The molecule has 0 N–H and O–H groups in total. The lowest BCUT2D eigenvalue weighted by molar-refractivity contribution is 0.164. The third-order valence-corrected chi connectivity index (χ3v) is 4.97. The average Bonchev–Trinajstić information content (AvgIpc) is 3.21. The van der Waals surface area contributed by atoms with E-state index in [1.807, 2.05) is 31.2 Å². The van der Waals surface area contributed by atoms with Gasteiger partial charge in [-0.25, -0.2) is 0 Å². The number of hydrogen-bond acceptors (Lipinski definition) is 5. The number of para-hydroxylation sites is 1. The van der Waals surface area contributed by atoms with Gasteiger partial charge in [-0.05, 0) is 31.9 Å². The minimum atomic E-state index is 0.704. The molecule has 1 fully saturated rings. The SMILES string of the molecule is CCOCCSc1nnc(N2CCCC2)n1-c1ccccc1Cl. The van der Waals surface area contributed by atoms with Gasteiger partial charge in [-0.2, -0.15) is 0 Å². The zero-order chi connectivity index (χ0) is 16.1. The van der Waals surface area contributed by atoms with Crippen LogP contribution in [0, 0.1) is 0 Å². The summed E-state index contributed by atoms with van der Waals surface area (Å²) in [5, 5.41) is 10.4. The maximum Gasteiger partial charge on any atom is 0.232 e. The maximum absolute atomic E-state index is 6.42.